The SMILES string of the molecule is CCOC(=O)c1cnc(-c2ccc(CC)cc2)nc1N(C)C. The Balaban J connectivity index is 2.41. The normalized spacial score (nSPS) is 10.4. The second-order valence-electron chi connectivity index (χ2n) is 5.10. The molecule has 1 heterocycles. The molecule has 0 saturated heterocycles. The van der Waals surface area contributed by atoms with Gasteiger partial charge >= 0.3 is 5.97 Å². The minimum atomic E-state index is -0.404. The Morgan fingerprint density at radius 1 is 1.18 bits per heavy atom. The van der Waals surface area contributed by atoms with Gasteiger partial charge in [0, 0.05) is 25.9 Å². The summed E-state index contributed by atoms with van der Waals surface area (Å²) in [5, 5.41) is 0. The highest BCUT2D eigenvalue weighted by atomic mass is 16.5. The number of esters is 1. The number of ether oxygens (including phenoxy) is 1. The number of nitrogens with zero attached hydrogens (tertiary/aromatic N) is 3. The van der Waals surface area contributed by atoms with Gasteiger partial charge in [-0.2, -0.15) is 0 Å². The summed E-state index contributed by atoms with van der Waals surface area (Å²) in [6.45, 7) is 4.22. The summed E-state index contributed by atoms with van der Waals surface area (Å²) in [5.41, 5.74) is 2.57. The standard InChI is InChI=1S/C17H21N3O2/c1-5-12-7-9-13(10-8-12)15-18-11-14(17(21)22-6-2)16(19-15)20(3)4/h7-11H,5-6H2,1-4H3. The molecule has 1 aromatic carbocycles. The van der Waals surface area contributed by atoms with Crippen LogP contribution in [0.5, 0.6) is 0 Å². The van der Waals surface area contributed by atoms with E-state index in [9.17, 15) is 4.79 Å². The summed E-state index contributed by atoms with van der Waals surface area (Å²) in [6.07, 6.45) is 2.52. The van der Waals surface area contributed by atoms with E-state index < -0.39 is 5.97 Å². The van der Waals surface area contributed by atoms with Crippen molar-refractivity contribution in [1.82, 2.24) is 9.97 Å². The third-order valence-electron chi connectivity index (χ3n) is 3.31. The molecule has 5 nitrogen and oxygen atoms in total. The highest BCUT2D eigenvalue weighted by molar-refractivity contribution is 5.94. The molecule has 0 unspecified atom stereocenters. The maximum absolute atomic E-state index is 12.0. The lowest BCUT2D eigenvalue weighted by Crippen LogP contribution is -2.18. The van der Waals surface area contributed by atoms with E-state index in [2.05, 4.69) is 29.0 Å². The molecule has 1 aromatic heterocycles. The predicted octanol–water partition coefficient (Wildman–Crippen LogP) is 2.95. The van der Waals surface area contributed by atoms with Gasteiger partial charge in [0.05, 0.1) is 6.61 Å². The summed E-state index contributed by atoms with van der Waals surface area (Å²) in [5.74, 6) is 0.751. The number of aromatic nitrogens is 2. The lowest BCUT2D eigenvalue weighted by molar-refractivity contribution is 0.0526. The van der Waals surface area contributed by atoms with Crippen LogP contribution in [0.4, 0.5) is 5.82 Å². The maximum Gasteiger partial charge on any atom is 0.343 e. The summed E-state index contributed by atoms with van der Waals surface area (Å²) in [4.78, 5) is 22.6. The Kier molecular flexibility index (Phi) is 5.09. The fraction of sp³-hybridized carbons (Fsp3) is 0.353. The Bertz CT molecular complexity index is 651. The monoisotopic (exact) mass is 299 g/mol. The minimum Gasteiger partial charge on any atom is -0.462 e. The van der Waals surface area contributed by atoms with E-state index in [-0.39, 0.29) is 0 Å². The van der Waals surface area contributed by atoms with E-state index in [1.165, 1.54) is 11.8 Å². The average Bonchev–Trinajstić information content (AvgIpc) is 2.54. The predicted molar refractivity (Wildman–Crippen MR) is 87.1 cm³/mol. The first-order valence-corrected chi connectivity index (χ1v) is 7.37. The van der Waals surface area contributed by atoms with Gasteiger partial charge < -0.3 is 9.64 Å². The molecule has 2 rings (SSSR count). The zero-order valence-electron chi connectivity index (χ0n) is 13.5. The summed E-state index contributed by atoms with van der Waals surface area (Å²) < 4.78 is 5.05. The number of carbonyl (C=O) groups excluding carboxylic acids is 1. The number of benzene rings is 1. The van der Waals surface area contributed by atoms with Gasteiger partial charge in [0.15, 0.2) is 5.82 Å². The Morgan fingerprint density at radius 2 is 1.86 bits per heavy atom. The lowest BCUT2D eigenvalue weighted by atomic mass is 10.1. The summed E-state index contributed by atoms with van der Waals surface area (Å²) in [7, 11) is 3.68. The molecule has 0 N–H and O–H groups in total. The summed E-state index contributed by atoms with van der Waals surface area (Å²) >= 11 is 0. The van der Waals surface area contributed by atoms with E-state index in [1.807, 2.05) is 26.2 Å². The molecule has 116 valence electrons. The highest BCUT2D eigenvalue weighted by Gasteiger charge is 2.17. The van der Waals surface area contributed by atoms with Crippen LogP contribution >= 0.6 is 0 Å². The van der Waals surface area contributed by atoms with E-state index in [4.69, 9.17) is 4.74 Å². The molecule has 0 bridgehead atoms. The topological polar surface area (TPSA) is 55.3 Å². The number of rotatable bonds is 5. The Morgan fingerprint density at radius 3 is 2.41 bits per heavy atom. The van der Waals surface area contributed by atoms with Crippen molar-refractivity contribution in [3.63, 3.8) is 0 Å². The molecule has 0 spiro atoms. The van der Waals surface area contributed by atoms with Crippen LogP contribution in [0, 0.1) is 0 Å². The first-order valence-electron chi connectivity index (χ1n) is 7.37. The van der Waals surface area contributed by atoms with Gasteiger partial charge in [-0.1, -0.05) is 31.2 Å². The zero-order chi connectivity index (χ0) is 16.1. The van der Waals surface area contributed by atoms with E-state index in [0.29, 0.717) is 23.8 Å². The minimum absolute atomic E-state index is 0.325. The fourth-order valence-corrected chi connectivity index (χ4v) is 2.10. The number of aryl methyl sites for hydroxylation is 1. The molecule has 0 atom stereocenters. The smallest absolute Gasteiger partial charge is 0.343 e. The van der Waals surface area contributed by atoms with Crippen LogP contribution in [0.25, 0.3) is 11.4 Å². The molecule has 0 fully saturated rings. The average molecular weight is 299 g/mol. The molecule has 2 aromatic rings. The second-order valence-corrected chi connectivity index (χ2v) is 5.10. The van der Waals surface area contributed by atoms with Crippen molar-refractivity contribution < 1.29 is 9.53 Å². The molecule has 0 saturated carbocycles. The van der Waals surface area contributed by atoms with Gasteiger partial charge in [0.2, 0.25) is 0 Å². The van der Waals surface area contributed by atoms with Crippen LogP contribution in [0.15, 0.2) is 30.5 Å². The van der Waals surface area contributed by atoms with Crippen LogP contribution in [0.1, 0.15) is 29.8 Å². The number of hydrogen-bond donors (Lipinski definition) is 0. The summed E-state index contributed by atoms with van der Waals surface area (Å²) in [6, 6.07) is 8.12. The van der Waals surface area contributed by atoms with Gasteiger partial charge in [-0.05, 0) is 18.9 Å². The van der Waals surface area contributed by atoms with Crippen LogP contribution < -0.4 is 4.90 Å². The quantitative estimate of drug-likeness (QED) is 0.795. The molecule has 0 amide bonds. The van der Waals surface area contributed by atoms with E-state index in [1.54, 1.807) is 11.8 Å². The zero-order valence-corrected chi connectivity index (χ0v) is 13.5. The van der Waals surface area contributed by atoms with Crippen molar-refractivity contribution in [1.29, 1.82) is 0 Å². The van der Waals surface area contributed by atoms with Crippen molar-refractivity contribution in [3.8, 4) is 11.4 Å². The maximum atomic E-state index is 12.0. The van der Waals surface area contributed by atoms with Crippen molar-refractivity contribution in [2.45, 2.75) is 20.3 Å². The molecular weight excluding hydrogens is 278 g/mol. The van der Waals surface area contributed by atoms with E-state index >= 15 is 0 Å². The number of carbonyl (C=O) groups is 1. The number of hydrogen-bond acceptors (Lipinski definition) is 5. The second kappa shape index (κ2) is 7.02. The molecule has 0 aliphatic heterocycles. The molecular formula is C17H21N3O2. The molecule has 22 heavy (non-hydrogen) atoms. The van der Waals surface area contributed by atoms with Crippen LogP contribution in [0.3, 0.4) is 0 Å². The first kappa shape index (κ1) is 15.9. The fourth-order valence-electron chi connectivity index (χ4n) is 2.10. The lowest BCUT2D eigenvalue weighted by Gasteiger charge is -2.16. The first-order chi connectivity index (χ1) is 10.6. The highest BCUT2D eigenvalue weighted by Crippen LogP contribution is 2.22. The van der Waals surface area contributed by atoms with E-state index in [0.717, 1.165) is 12.0 Å². The van der Waals surface area contributed by atoms with Crippen molar-refractivity contribution >= 4 is 11.8 Å². The Hall–Kier alpha value is -2.43. The largest absolute Gasteiger partial charge is 0.462 e. The molecule has 0 aliphatic carbocycles. The van der Waals surface area contributed by atoms with Crippen LogP contribution in [-0.2, 0) is 11.2 Å². The van der Waals surface area contributed by atoms with Gasteiger partial charge in [0.1, 0.15) is 11.4 Å². The third kappa shape index (κ3) is 3.42. The van der Waals surface area contributed by atoms with Gasteiger partial charge in [-0.25, -0.2) is 14.8 Å². The van der Waals surface area contributed by atoms with Gasteiger partial charge in [-0.3, -0.25) is 0 Å². The van der Waals surface area contributed by atoms with Crippen LogP contribution in [-0.4, -0.2) is 36.6 Å². The van der Waals surface area contributed by atoms with Crippen molar-refractivity contribution in [3.05, 3.63) is 41.6 Å². The molecule has 0 radical (unpaired) electrons. The van der Waals surface area contributed by atoms with Crippen molar-refractivity contribution in [2.24, 2.45) is 0 Å². The van der Waals surface area contributed by atoms with Gasteiger partial charge in [0.25, 0.3) is 0 Å². The number of anilines is 1. The van der Waals surface area contributed by atoms with Gasteiger partial charge in [-0.15, -0.1) is 0 Å². The van der Waals surface area contributed by atoms with Crippen molar-refractivity contribution in [2.75, 3.05) is 25.6 Å². The Labute approximate surface area is 131 Å². The molecule has 0 aliphatic rings. The van der Waals surface area contributed by atoms with Crippen LogP contribution in [0.2, 0.25) is 0 Å². The third-order valence-corrected chi connectivity index (χ3v) is 3.31. The molecule has 5 heteroatoms.